The highest BCUT2D eigenvalue weighted by molar-refractivity contribution is 4.64. The van der Waals surface area contributed by atoms with Crippen LogP contribution in [-0.2, 0) is 0 Å². The number of rotatable bonds is 4. The SMILES string of the molecule is CC(C)CCCC(C)N.c1c[nH]cn1. The van der Waals surface area contributed by atoms with Crippen molar-refractivity contribution >= 4 is 0 Å². The maximum Gasteiger partial charge on any atom is 0.0919 e. The van der Waals surface area contributed by atoms with Crippen LogP contribution in [0.3, 0.4) is 0 Å². The number of hydrogen-bond donors (Lipinski definition) is 2. The summed E-state index contributed by atoms with van der Waals surface area (Å²) in [6, 6.07) is 0.392. The van der Waals surface area contributed by atoms with E-state index in [9.17, 15) is 0 Å². The van der Waals surface area contributed by atoms with Gasteiger partial charge in [-0.05, 0) is 19.3 Å². The highest BCUT2D eigenvalue weighted by atomic mass is 14.8. The summed E-state index contributed by atoms with van der Waals surface area (Å²) in [6.07, 6.45) is 8.87. The first kappa shape index (κ1) is 13.2. The van der Waals surface area contributed by atoms with Crippen LogP contribution in [0.2, 0.25) is 0 Å². The van der Waals surface area contributed by atoms with E-state index in [2.05, 4.69) is 30.7 Å². The third-order valence-corrected chi connectivity index (χ3v) is 1.85. The van der Waals surface area contributed by atoms with Crippen molar-refractivity contribution in [1.82, 2.24) is 9.97 Å². The van der Waals surface area contributed by atoms with Crippen LogP contribution in [0.5, 0.6) is 0 Å². The molecule has 0 aliphatic rings. The Hall–Kier alpha value is -0.830. The predicted molar refractivity (Wildman–Crippen MR) is 60.9 cm³/mol. The summed E-state index contributed by atoms with van der Waals surface area (Å²) in [4.78, 5) is 6.42. The molecule has 0 fully saturated rings. The first-order valence-electron chi connectivity index (χ1n) is 5.31. The molecule has 0 amide bonds. The van der Waals surface area contributed by atoms with Gasteiger partial charge in [0.05, 0.1) is 6.33 Å². The lowest BCUT2D eigenvalue weighted by molar-refractivity contribution is 0.511. The van der Waals surface area contributed by atoms with Crippen LogP contribution in [-0.4, -0.2) is 16.0 Å². The van der Waals surface area contributed by atoms with E-state index in [1.165, 1.54) is 19.3 Å². The number of nitrogens with zero attached hydrogens (tertiary/aromatic N) is 1. The van der Waals surface area contributed by atoms with Crippen LogP contribution in [0.1, 0.15) is 40.0 Å². The number of imidazole rings is 1. The minimum Gasteiger partial charge on any atom is -0.351 e. The molecule has 82 valence electrons. The van der Waals surface area contributed by atoms with E-state index in [1.807, 2.05) is 0 Å². The van der Waals surface area contributed by atoms with Gasteiger partial charge in [-0.25, -0.2) is 4.98 Å². The quantitative estimate of drug-likeness (QED) is 0.779. The Kier molecular flexibility index (Phi) is 8.24. The molecule has 1 unspecified atom stereocenters. The molecule has 0 aliphatic carbocycles. The fraction of sp³-hybridized carbons (Fsp3) is 0.727. The molecule has 0 saturated heterocycles. The fourth-order valence-corrected chi connectivity index (χ4v) is 1.06. The molecule has 1 aromatic heterocycles. The zero-order valence-electron chi connectivity index (χ0n) is 9.53. The molecule has 14 heavy (non-hydrogen) atoms. The lowest BCUT2D eigenvalue weighted by atomic mass is 10.0. The van der Waals surface area contributed by atoms with Gasteiger partial charge in [-0.15, -0.1) is 0 Å². The summed E-state index contributed by atoms with van der Waals surface area (Å²) in [5, 5.41) is 0. The number of H-pyrrole nitrogens is 1. The van der Waals surface area contributed by atoms with E-state index in [4.69, 9.17) is 5.73 Å². The van der Waals surface area contributed by atoms with Crippen LogP contribution >= 0.6 is 0 Å². The van der Waals surface area contributed by atoms with Crippen LogP contribution < -0.4 is 5.73 Å². The van der Waals surface area contributed by atoms with Gasteiger partial charge in [0.2, 0.25) is 0 Å². The lowest BCUT2D eigenvalue weighted by Crippen LogP contribution is -2.14. The van der Waals surface area contributed by atoms with Gasteiger partial charge in [0.15, 0.2) is 0 Å². The molecule has 0 bridgehead atoms. The molecule has 0 saturated carbocycles. The monoisotopic (exact) mass is 197 g/mol. The number of aromatic amines is 1. The normalized spacial score (nSPS) is 12.1. The van der Waals surface area contributed by atoms with Crippen LogP contribution in [0.25, 0.3) is 0 Å². The Balaban J connectivity index is 0.000000280. The standard InChI is InChI=1S/C8H19N.C3H4N2/c1-7(2)5-4-6-8(3)9;1-2-5-3-4-1/h7-8H,4-6,9H2,1-3H3;1-3H,(H,4,5). The lowest BCUT2D eigenvalue weighted by Gasteiger charge is -2.05. The average molecular weight is 197 g/mol. The first-order valence-corrected chi connectivity index (χ1v) is 5.31. The summed E-state index contributed by atoms with van der Waals surface area (Å²) in [5.41, 5.74) is 5.58. The summed E-state index contributed by atoms with van der Waals surface area (Å²) >= 11 is 0. The van der Waals surface area contributed by atoms with Crippen molar-refractivity contribution in [1.29, 1.82) is 0 Å². The molecule has 0 radical (unpaired) electrons. The van der Waals surface area contributed by atoms with Crippen molar-refractivity contribution in [2.75, 3.05) is 0 Å². The van der Waals surface area contributed by atoms with Crippen molar-refractivity contribution < 1.29 is 0 Å². The number of aromatic nitrogens is 2. The van der Waals surface area contributed by atoms with Gasteiger partial charge < -0.3 is 10.7 Å². The van der Waals surface area contributed by atoms with Gasteiger partial charge in [0, 0.05) is 18.4 Å². The minimum atomic E-state index is 0.392. The number of nitrogens with two attached hydrogens (primary N) is 1. The topological polar surface area (TPSA) is 54.7 Å². The number of nitrogens with one attached hydrogen (secondary N) is 1. The summed E-state index contributed by atoms with van der Waals surface area (Å²) in [5.74, 6) is 0.837. The first-order chi connectivity index (χ1) is 6.63. The Morgan fingerprint density at radius 3 is 2.29 bits per heavy atom. The van der Waals surface area contributed by atoms with Crippen LogP contribution in [0.4, 0.5) is 0 Å². The van der Waals surface area contributed by atoms with Gasteiger partial charge in [0.1, 0.15) is 0 Å². The van der Waals surface area contributed by atoms with E-state index in [0.717, 1.165) is 5.92 Å². The molecule has 1 rings (SSSR count). The summed E-state index contributed by atoms with van der Waals surface area (Å²) in [6.45, 7) is 6.57. The minimum absolute atomic E-state index is 0.392. The Labute approximate surface area is 87.1 Å². The maximum absolute atomic E-state index is 5.58. The van der Waals surface area contributed by atoms with Crippen LogP contribution in [0.15, 0.2) is 18.7 Å². The van der Waals surface area contributed by atoms with Gasteiger partial charge in [-0.1, -0.05) is 26.7 Å². The second-order valence-electron chi connectivity index (χ2n) is 4.06. The second-order valence-corrected chi connectivity index (χ2v) is 4.06. The van der Waals surface area contributed by atoms with E-state index in [0.29, 0.717) is 6.04 Å². The van der Waals surface area contributed by atoms with Gasteiger partial charge in [-0.3, -0.25) is 0 Å². The highest BCUT2D eigenvalue weighted by Gasteiger charge is 1.95. The molecular weight excluding hydrogens is 174 g/mol. The van der Waals surface area contributed by atoms with Gasteiger partial charge in [0.25, 0.3) is 0 Å². The smallest absolute Gasteiger partial charge is 0.0919 e. The molecule has 3 nitrogen and oxygen atoms in total. The Morgan fingerprint density at radius 1 is 1.29 bits per heavy atom. The van der Waals surface area contributed by atoms with E-state index in [1.54, 1.807) is 18.7 Å². The maximum atomic E-state index is 5.58. The highest BCUT2D eigenvalue weighted by Crippen LogP contribution is 2.06. The molecule has 0 spiro atoms. The van der Waals surface area contributed by atoms with Gasteiger partial charge >= 0.3 is 0 Å². The second kappa shape index (κ2) is 8.75. The zero-order valence-corrected chi connectivity index (χ0v) is 9.53. The van der Waals surface area contributed by atoms with Crippen LogP contribution in [0, 0.1) is 5.92 Å². The van der Waals surface area contributed by atoms with Gasteiger partial charge in [-0.2, -0.15) is 0 Å². The molecule has 0 aromatic carbocycles. The molecule has 3 heteroatoms. The largest absolute Gasteiger partial charge is 0.351 e. The molecule has 0 aliphatic heterocycles. The number of hydrogen-bond acceptors (Lipinski definition) is 2. The molecule has 1 heterocycles. The van der Waals surface area contributed by atoms with Crippen molar-refractivity contribution in [3.8, 4) is 0 Å². The molecule has 3 N–H and O–H groups in total. The molecular formula is C11H23N3. The Morgan fingerprint density at radius 2 is 2.00 bits per heavy atom. The zero-order chi connectivity index (χ0) is 10.8. The predicted octanol–water partition coefficient (Wildman–Crippen LogP) is 2.57. The van der Waals surface area contributed by atoms with Crippen molar-refractivity contribution in [3.63, 3.8) is 0 Å². The Bertz CT molecular complexity index is 155. The summed E-state index contributed by atoms with van der Waals surface area (Å²) < 4.78 is 0. The average Bonchev–Trinajstić information content (AvgIpc) is 2.58. The summed E-state index contributed by atoms with van der Waals surface area (Å²) in [7, 11) is 0. The third kappa shape index (κ3) is 11.2. The van der Waals surface area contributed by atoms with E-state index >= 15 is 0 Å². The van der Waals surface area contributed by atoms with E-state index < -0.39 is 0 Å². The van der Waals surface area contributed by atoms with Crippen molar-refractivity contribution in [2.45, 2.75) is 46.1 Å². The third-order valence-electron chi connectivity index (χ3n) is 1.85. The van der Waals surface area contributed by atoms with Crippen molar-refractivity contribution in [2.24, 2.45) is 11.7 Å². The fourth-order valence-electron chi connectivity index (χ4n) is 1.06. The van der Waals surface area contributed by atoms with Crippen molar-refractivity contribution in [3.05, 3.63) is 18.7 Å². The molecule has 1 atom stereocenters. The molecule has 1 aromatic rings. The van der Waals surface area contributed by atoms with E-state index in [-0.39, 0.29) is 0 Å².